The van der Waals surface area contributed by atoms with E-state index in [0.717, 1.165) is 15.8 Å². The fourth-order valence-corrected chi connectivity index (χ4v) is 1.82. The predicted molar refractivity (Wildman–Crippen MR) is 72.2 cm³/mol. The van der Waals surface area contributed by atoms with Crippen molar-refractivity contribution in [2.45, 2.75) is 20.3 Å². The zero-order chi connectivity index (χ0) is 13.1. The zero-order valence-corrected chi connectivity index (χ0v) is 12.0. The van der Waals surface area contributed by atoms with Crippen molar-refractivity contribution in [2.75, 3.05) is 13.7 Å². The maximum absolute atomic E-state index is 12.1. The third-order valence-corrected chi connectivity index (χ3v) is 3.35. The van der Waals surface area contributed by atoms with Crippen molar-refractivity contribution < 1.29 is 9.53 Å². The number of benzene rings is 1. The summed E-state index contributed by atoms with van der Waals surface area (Å²) in [4.78, 5) is 12.1. The summed E-state index contributed by atoms with van der Waals surface area (Å²) in [6.45, 7) is 4.07. The Morgan fingerprint density at radius 1 is 1.47 bits per heavy atom. The number of halogens is 1. The Labute approximate surface area is 110 Å². The van der Waals surface area contributed by atoms with Gasteiger partial charge in [-0.15, -0.1) is 0 Å². The van der Waals surface area contributed by atoms with Crippen molar-refractivity contribution in [3.63, 3.8) is 0 Å². The van der Waals surface area contributed by atoms with E-state index in [0.29, 0.717) is 13.0 Å². The first-order valence-corrected chi connectivity index (χ1v) is 6.26. The summed E-state index contributed by atoms with van der Waals surface area (Å²) in [6.07, 6.45) is 0.340. The van der Waals surface area contributed by atoms with Crippen LogP contribution in [-0.2, 0) is 11.2 Å². The molecule has 0 spiro atoms. The Hall–Kier alpha value is -0.870. The summed E-state index contributed by atoms with van der Waals surface area (Å²) >= 11 is 3.39. The summed E-state index contributed by atoms with van der Waals surface area (Å²) in [7, 11) is 1.60. The van der Waals surface area contributed by atoms with Crippen LogP contribution in [0.4, 0.5) is 0 Å². The van der Waals surface area contributed by atoms with Gasteiger partial charge in [-0.3, -0.25) is 4.79 Å². The molecular formula is C13H18BrNO2. The van der Waals surface area contributed by atoms with Gasteiger partial charge in [0.2, 0.25) is 0 Å². The van der Waals surface area contributed by atoms with Gasteiger partial charge in [0.15, 0.2) is 0 Å². The van der Waals surface area contributed by atoms with Crippen molar-refractivity contribution in [1.82, 2.24) is 0 Å². The zero-order valence-electron chi connectivity index (χ0n) is 10.4. The van der Waals surface area contributed by atoms with Gasteiger partial charge in [0.25, 0.3) is 0 Å². The van der Waals surface area contributed by atoms with E-state index in [2.05, 4.69) is 15.9 Å². The third kappa shape index (κ3) is 3.54. The van der Waals surface area contributed by atoms with Crippen molar-refractivity contribution in [3.05, 3.63) is 28.2 Å². The predicted octanol–water partition coefficient (Wildman–Crippen LogP) is 2.55. The average molecular weight is 300 g/mol. The van der Waals surface area contributed by atoms with E-state index in [-0.39, 0.29) is 5.78 Å². The number of Topliss-reactive ketones (excluding diaryl/α,β-unsaturated/α-hetero) is 1. The Bertz CT molecular complexity index is 416. The Kier molecular flexibility index (Phi) is 4.71. The second kappa shape index (κ2) is 5.65. The first-order valence-electron chi connectivity index (χ1n) is 5.46. The molecule has 17 heavy (non-hydrogen) atoms. The van der Waals surface area contributed by atoms with Crippen molar-refractivity contribution >= 4 is 21.7 Å². The van der Waals surface area contributed by atoms with Crippen molar-refractivity contribution in [1.29, 1.82) is 0 Å². The van der Waals surface area contributed by atoms with E-state index in [1.807, 2.05) is 32.0 Å². The van der Waals surface area contributed by atoms with Gasteiger partial charge in [0.1, 0.15) is 11.5 Å². The minimum absolute atomic E-state index is 0.122. The molecule has 0 bridgehead atoms. The molecule has 0 aromatic heterocycles. The highest BCUT2D eigenvalue weighted by Gasteiger charge is 2.26. The fourth-order valence-electron chi connectivity index (χ4n) is 1.41. The van der Waals surface area contributed by atoms with E-state index in [9.17, 15) is 4.79 Å². The number of rotatable bonds is 5. The van der Waals surface area contributed by atoms with E-state index >= 15 is 0 Å². The van der Waals surface area contributed by atoms with Crippen LogP contribution < -0.4 is 10.5 Å². The quantitative estimate of drug-likeness (QED) is 0.909. The molecule has 3 nitrogen and oxygen atoms in total. The van der Waals surface area contributed by atoms with E-state index < -0.39 is 5.41 Å². The lowest BCUT2D eigenvalue weighted by Crippen LogP contribution is -2.33. The van der Waals surface area contributed by atoms with Gasteiger partial charge in [-0.25, -0.2) is 0 Å². The summed E-state index contributed by atoms with van der Waals surface area (Å²) in [5.41, 5.74) is 5.99. The molecule has 0 amide bonds. The van der Waals surface area contributed by atoms with Gasteiger partial charge in [-0.1, -0.05) is 29.8 Å². The normalized spacial score (nSPS) is 11.4. The van der Waals surface area contributed by atoms with Gasteiger partial charge in [0.05, 0.1) is 7.11 Å². The molecule has 0 unspecified atom stereocenters. The van der Waals surface area contributed by atoms with E-state index in [1.165, 1.54) is 0 Å². The number of hydrogen-bond donors (Lipinski definition) is 1. The minimum atomic E-state index is -0.493. The molecule has 0 saturated heterocycles. The van der Waals surface area contributed by atoms with Crippen LogP contribution in [0.1, 0.15) is 19.4 Å². The number of nitrogens with two attached hydrogens (primary N) is 1. The van der Waals surface area contributed by atoms with Gasteiger partial charge in [-0.2, -0.15) is 0 Å². The van der Waals surface area contributed by atoms with Gasteiger partial charge >= 0.3 is 0 Å². The smallest absolute Gasteiger partial charge is 0.144 e. The Balaban J connectivity index is 2.95. The fraction of sp³-hybridized carbons (Fsp3) is 0.462. The summed E-state index contributed by atoms with van der Waals surface area (Å²) in [6, 6.07) is 5.65. The maximum atomic E-state index is 12.1. The van der Waals surface area contributed by atoms with Crippen LogP contribution in [0.5, 0.6) is 5.75 Å². The molecule has 0 aliphatic rings. The molecule has 0 saturated carbocycles. The molecule has 0 aliphatic heterocycles. The van der Waals surface area contributed by atoms with Crippen LogP contribution in [0, 0.1) is 5.41 Å². The van der Waals surface area contributed by atoms with Crippen LogP contribution in [0.25, 0.3) is 0 Å². The lowest BCUT2D eigenvalue weighted by atomic mass is 9.85. The highest BCUT2D eigenvalue weighted by Crippen LogP contribution is 2.26. The monoisotopic (exact) mass is 299 g/mol. The second-order valence-electron chi connectivity index (χ2n) is 4.64. The lowest BCUT2D eigenvalue weighted by Gasteiger charge is -2.21. The van der Waals surface area contributed by atoms with Crippen LogP contribution in [0.3, 0.4) is 0 Å². The molecule has 0 heterocycles. The number of ketones is 1. The van der Waals surface area contributed by atoms with Crippen LogP contribution in [0.2, 0.25) is 0 Å². The molecule has 0 radical (unpaired) electrons. The first-order chi connectivity index (χ1) is 7.90. The molecule has 1 aromatic carbocycles. The number of ether oxygens (including phenoxy) is 1. The molecular weight excluding hydrogens is 282 g/mol. The number of hydrogen-bond acceptors (Lipinski definition) is 3. The summed E-state index contributed by atoms with van der Waals surface area (Å²) in [5.74, 6) is 0.853. The van der Waals surface area contributed by atoms with Gasteiger partial charge in [0, 0.05) is 28.4 Å². The summed E-state index contributed by atoms with van der Waals surface area (Å²) < 4.78 is 6.18. The summed E-state index contributed by atoms with van der Waals surface area (Å²) in [5, 5.41) is 0. The van der Waals surface area contributed by atoms with Crippen molar-refractivity contribution in [3.8, 4) is 5.75 Å². The molecule has 0 fully saturated rings. The Morgan fingerprint density at radius 2 is 2.12 bits per heavy atom. The SMILES string of the molecule is COc1ccc(Br)cc1CC(=O)C(C)(C)CN. The molecule has 1 aromatic rings. The van der Waals surface area contributed by atoms with E-state index in [4.69, 9.17) is 10.5 Å². The molecule has 0 atom stereocenters. The molecule has 1 rings (SSSR count). The minimum Gasteiger partial charge on any atom is -0.496 e. The maximum Gasteiger partial charge on any atom is 0.144 e. The van der Waals surface area contributed by atoms with Gasteiger partial charge in [-0.05, 0) is 18.2 Å². The second-order valence-corrected chi connectivity index (χ2v) is 5.56. The van der Waals surface area contributed by atoms with E-state index in [1.54, 1.807) is 7.11 Å². The largest absolute Gasteiger partial charge is 0.496 e. The topological polar surface area (TPSA) is 52.3 Å². The highest BCUT2D eigenvalue weighted by molar-refractivity contribution is 9.10. The lowest BCUT2D eigenvalue weighted by molar-refractivity contribution is -0.125. The molecule has 2 N–H and O–H groups in total. The third-order valence-electron chi connectivity index (χ3n) is 2.86. The molecule has 0 aliphatic carbocycles. The highest BCUT2D eigenvalue weighted by atomic mass is 79.9. The molecule has 94 valence electrons. The number of carbonyl (C=O) groups is 1. The Morgan fingerprint density at radius 3 is 2.65 bits per heavy atom. The number of carbonyl (C=O) groups excluding carboxylic acids is 1. The van der Waals surface area contributed by atoms with Gasteiger partial charge < -0.3 is 10.5 Å². The molecule has 4 heteroatoms. The first kappa shape index (κ1) is 14.2. The average Bonchev–Trinajstić information content (AvgIpc) is 2.29. The van der Waals surface area contributed by atoms with Crippen LogP contribution in [0.15, 0.2) is 22.7 Å². The number of methoxy groups -OCH3 is 1. The van der Waals surface area contributed by atoms with Crippen molar-refractivity contribution in [2.24, 2.45) is 11.1 Å². The standard InChI is InChI=1S/C13H18BrNO2/c1-13(2,8-15)12(16)7-9-6-10(14)4-5-11(9)17-3/h4-6H,7-8,15H2,1-3H3. The van der Waals surface area contributed by atoms with Crippen LogP contribution >= 0.6 is 15.9 Å². The van der Waals surface area contributed by atoms with Crippen LogP contribution in [-0.4, -0.2) is 19.4 Å².